The van der Waals surface area contributed by atoms with Crippen LogP contribution in [0.2, 0.25) is 0 Å². The highest BCUT2D eigenvalue weighted by atomic mass is 16.6. The van der Waals surface area contributed by atoms with Gasteiger partial charge in [-0.1, -0.05) is 24.3 Å². The van der Waals surface area contributed by atoms with Gasteiger partial charge in [-0.25, -0.2) is 0 Å². The Morgan fingerprint density at radius 2 is 2.21 bits per heavy atom. The molecule has 0 aromatic heterocycles. The Labute approximate surface area is 83.4 Å². The normalized spacial score (nSPS) is 41.4. The molecular formula is C11H14O3. The van der Waals surface area contributed by atoms with E-state index >= 15 is 0 Å². The van der Waals surface area contributed by atoms with Gasteiger partial charge in [0.25, 0.3) is 0 Å². The van der Waals surface area contributed by atoms with Crippen LogP contribution in [0.15, 0.2) is 24.3 Å². The maximum Gasteiger partial charge on any atom is 0.315 e. The minimum Gasteiger partial charge on any atom is -0.459 e. The van der Waals surface area contributed by atoms with Crippen LogP contribution < -0.4 is 0 Å². The summed E-state index contributed by atoms with van der Waals surface area (Å²) in [4.78, 5) is 11.3. The smallest absolute Gasteiger partial charge is 0.315 e. The number of fused-ring (bicyclic) bond motifs is 1. The second-order valence-electron chi connectivity index (χ2n) is 3.64. The molecule has 4 atom stereocenters. The molecule has 2 aliphatic heterocycles. The molecule has 0 N–H and O–H groups in total. The zero-order valence-corrected chi connectivity index (χ0v) is 8.34. The summed E-state index contributed by atoms with van der Waals surface area (Å²) in [5, 5.41) is 0. The van der Waals surface area contributed by atoms with Gasteiger partial charge in [0, 0.05) is 0 Å². The molecule has 3 heteroatoms. The average Bonchev–Trinajstić information content (AvgIpc) is 2.43. The molecule has 1 saturated heterocycles. The van der Waals surface area contributed by atoms with Crippen molar-refractivity contribution < 1.29 is 14.3 Å². The molecule has 3 nitrogen and oxygen atoms in total. The Hall–Kier alpha value is -1.09. The van der Waals surface area contributed by atoms with Crippen molar-refractivity contribution in [1.29, 1.82) is 0 Å². The molecule has 0 aliphatic carbocycles. The first-order chi connectivity index (χ1) is 6.72. The van der Waals surface area contributed by atoms with Crippen LogP contribution in [0.4, 0.5) is 0 Å². The molecule has 0 radical (unpaired) electrons. The molecule has 0 spiro atoms. The van der Waals surface area contributed by atoms with Gasteiger partial charge in [0.2, 0.25) is 0 Å². The van der Waals surface area contributed by atoms with E-state index in [-0.39, 0.29) is 30.2 Å². The van der Waals surface area contributed by atoms with Crippen LogP contribution in [-0.2, 0) is 14.3 Å². The number of hydrogen-bond donors (Lipinski definition) is 0. The second kappa shape index (κ2) is 3.58. The van der Waals surface area contributed by atoms with Crippen molar-refractivity contribution in [2.75, 3.05) is 0 Å². The number of rotatable bonds is 1. The van der Waals surface area contributed by atoms with Crippen LogP contribution >= 0.6 is 0 Å². The van der Waals surface area contributed by atoms with E-state index in [1.54, 1.807) is 0 Å². The highest BCUT2D eigenvalue weighted by Crippen LogP contribution is 2.30. The van der Waals surface area contributed by atoms with E-state index in [0.717, 1.165) is 0 Å². The number of carbonyl (C=O) groups excluding carboxylic acids is 1. The predicted octanol–water partition coefficient (Wildman–Crippen LogP) is 1.45. The number of cyclic esters (lactones) is 1. The summed E-state index contributed by atoms with van der Waals surface area (Å²) < 4.78 is 10.8. The number of esters is 1. The molecule has 2 rings (SSSR count). The second-order valence-corrected chi connectivity index (χ2v) is 3.64. The number of allylic oxidation sites excluding steroid dienone is 1. The Kier molecular flexibility index (Phi) is 2.42. The lowest BCUT2D eigenvalue weighted by Crippen LogP contribution is -2.34. The summed E-state index contributed by atoms with van der Waals surface area (Å²) in [5.74, 6) is -0.371. The highest BCUT2D eigenvalue weighted by Gasteiger charge is 2.44. The zero-order valence-electron chi connectivity index (χ0n) is 8.34. The summed E-state index contributed by atoms with van der Waals surface area (Å²) in [6.07, 6.45) is 7.43. The Balaban J connectivity index is 2.16. The van der Waals surface area contributed by atoms with Crippen molar-refractivity contribution >= 4 is 5.97 Å². The molecule has 1 fully saturated rings. The average molecular weight is 194 g/mol. The van der Waals surface area contributed by atoms with Crippen molar-refractivity contribution in [2.24, 2.45) is 5.92 Å². The summed E-state index contributed by atoms with van der Waals surface area (Å²) in [7, 11) is 0. The summed E-state index contributed by atoms with van der Waals surface area (Å²) in [6, 6.07) is 0. The van der Waals surface area contributed by atoms with E-state index in [2.05, 4.69) is 0 Å². The topological polar surface area (TPSA) is 35.5 Å². The third kappa shape index (κ3) is 1.48. The largest absolute Gasteiger partial charge is 0.459 e. The third-order valence-electron chi connectivity index (χ3n) is 2.60. The van der Waals surface area contributed by atoms with Gasteiger partial charge in [-0.15, -0.1) is 0 Å². The molecule has 76 valence electrons. The summed E-state index contributed by atoms with van der Waals surface area (Å²) >= 11 is 0. The van der Waals surface area contributed by atoms with Crippen LogP contribution in [0.3, 0.4) is 0 Å². The lowest BCUT2D eigenvalue weighted by atomic mass is 9.97. The maximum absolute atomic E-state index is 11.3. The van der Waals surface area contributed by atoms with Gasteiger partial charge >= 0.3 is 5.97 Å². The Bertz CT molecular complexity index is 293. The molecule has 14 heavy (non-hydrogen) atoms. The van der Waals surface area contributed by atoms with Gasteiger partial charge < -0.3 is 9.47 Å². The van der Waals surface area contributed by atoms with Gasteiger partial charge in [-0.2, -0.15) is 0 Å². The van der Waals surface area contributed by atoms with Gasteiger partial charge in [-0.3, -0.25) is 4.79 Å². The first-order valence-corrected chi connectivity index (χ1v) is 4.89. The predicted molar refractivity (Wildman–Crippen MR) is 51.7 cm³/mol. The van der Waals surface area contributed by atoms with Crippen LogP contribution in [0.25, 0.3) is 0 Å². The quantitative estimate of drug-likeness (QED) is 0.468. The molecule has 0 aromatic rings. The molecule has 0 saturated carbocycles. The van der Waals surface area contributed by atoms with Crippen LogP contribution in [0, 0.1) is 5.92 Å². The molecule has 0 unspecified atom stereocenters. The lowest BCUT2D eigenvalue weighted by molar-refractivity contribution is -0.142. The standard InChI is InChI=1S/C11H14O3/c1-3-4-8-5-6-9-10(14-8)7(2)13-11(9)12/h3-10H,1-2H3/b4-3+/t7-,8-,9+,10+/m0/s1. The van der Waals surface area contributed by atoms with Crippen molar-refractivity contribution in [1.82, 2.24) is 0 Å². The molecule has 0 bridgehead atoms. The van der Waals surface area contributed by atoms with E-state index in [9.17, 15) is 4.79 Å². The Morgan fingerprint density at radius 3 is 2.93 bits per heavy atom. The maximum atomic E-state index is 11.3. The molecule has 0 amide bonds. The molecular weight excluding hydrogens is 180 g/mol. The molecule has 0 aromatic carbocycles. The van der Waals surface area contributed by atoms with Crippen LogP contribution in [-0.4, -0.2) is 24.3 Å². The van der Waals surface area contributed by atoms with Crippen molar-refractivity contribution in [3.63, 3.8) is 0 Å². The first kappa shape index (κ1) is 9.46. The van der Waals surface area contributed by atoms with E-state index in [1.165, 1.54) is 0 Å². The SMILES string of the molecule is C/C=C/[C@H]1C=C[C@H]2C(=O)O[C@@H](C)[C@H]2O1. The van der Waals surface area contributed by atoms with Crippen molar-refractivity contribution in [2.45, 2.75) is 32.2 Å². The zero-order chi connectivity index (χ0) is 10.1. The molecule has 2 aliphatic rings. The summed E-state index contributed by atoms with van der Waals surface area (Å²) in [6.45, 7) is 3.82. The highest BCUT2D eigenvalue weighted by molar-refractivity contribution is 5.78. The van der Waals surface area contributed by atoms with Gasteiger partial charge in [0.1, 0.15) is 18.1 Å². The van der Waals surface area contributed by atoms with E-state index in [0.29, 0.717) is 0 Å². The van der Waals surface area contributed by atoms with E-state index in [1.807, 2.05) is 38.2 Å². The lowest BCUT2D eigenvalue weighted by Gasteiger charge is -2.25. The van der Waals surface area contributed by atoms with E-state index in [4.69, 9.17) is 9.47 Å². The van der Waals surface area contributed by atoms with Crippen LogP contribution in [0.5, 0.6) is 0 Å². The Morgan fingerprint density at radius 1 is 1.43 bits per heavy atom. The minimum absolute atomic E-state index is 0.0156. The van der Waals surface area contributed by atoms with Crippen molar-refractivity contribution in [3.05, 3.63) is 24.3 Å². The van der Waals surface area contributed by atoms with Gasteiger partial charge in [0.05, 0.1) is 6.10 Å². The van der Waals surface area contributed by atoms with Gasteiger partial charge in [-0.05, 0) is 13.8 Å². The number of carbonyl (C=O) groups is 1. The fourth-order valence-electron chi connectivity index (χ4n) is 1.89. The monoisotopic (exact) mass is 194 g/mol. The van der Waals surface area contributed by atoms with Crippen LogP contribution in [0.1, 0.15) is 13.8 Å². The van der Waals surface area contributed by atoms with E-state index < -0.39 is 0 Å². The number of hydrogen-bond acceptors (Lipinski definition) is 3. The number of ether oxygens (including phenoxy) is 2. The van der Waals surface area contributed by atoms with Crippen molar-refractivity contribution in [3.8, 4) is 0 Å². The first-order valence-electron chi connectivity index (χ1n) is 4.89. The van der Waals surface area contributed by atoms with Gasteiger partial charge in [0.15, 0.2) is 0 Å². The summed E-state index contributed by atoms with van der Waals surface area (Å²) in [5.41, 5.74) is 0. The molecule has 2 heterocycles. The minimum atomic E-state index is -0.202. The fourth-order valence-corrected chi connectivity index (χ4v) is 1.89. The third-order valence-corrected chi connectivity index (χ3v) is 2.60. The fraction of sp³-hybridized carbons (Fsp3) is 0.545.